The molecule has 126 valence electrons. The molecule has 0 radical (unpaired) electrons. The Labute approximate surface area is 142 Å². The lowest BCUT2D eigenvalue weighted by molar-refractivity contribution is -0.144. The molecule has 0 aliphatic carbocycles. The summed E-state index contributed by atoms with van der Waals surface area (Å²) < 4.78 is 4.53. The Morgan fingerprint density at radius 1 is 1.00 bits per heavy atom. The summed E-state index contributed by atoms with van der Waals surface area (Å²) in [4.78, 5) is 23.5. The largest absolute Gasteiger partial charge is 0.469 e. The van der Waals surface area contributed by atoms with Crippen LogP contribution in [0.25, 0.3) is 0 Å². The molecule has 2 aromatic rings. The number of methoxy groups -OCH3 is 1. The normalized spacial score (nSPS) is 13.1. The van der Waals surface area contributed by atoms with E-state index in [0.717, 1.165) is 5.56 Å². The second-order valence-electron chi connectivity index (χ2n) is 5.85. The first-order valence-electron chi connectivity index (χ1n) is 7.94. The van der Waals surface area contributed by atoms with Crippen molar-refractivity contribution in [1.82, 2.24) is 0 Å². The van der Waals surface area contributed by atoms with E-state index in [0.29, 0.717) is 18.4 Å². The van der Waals surface area contributed by atoms with Gasteiger partial charge in [-0.2, -0.15) is 0 Å². The van der Waals surface area contributed by atoms with E-state index in [1.165, 1.54) is 7.11 Å². The number of aliphatic hydroxyl groups is 1. The molecule has 24 heavy (non-hydrogen) atoms. The van der Waals surface area contributed by atoms with E-state index in [1.54, 1.807) is 12.1 Å². The molecular formula is C20H22O4. The zero-order valence-corrected chi connectivity index (χ0v) is 13.8. The van der Waals surface area contributed by atoms with E-state index in [1.807, 2.05) is 48.5 Å². The molecule has 0 saturated heterocycles. The summed E-state index contributed by atoms with van der Waals surface area (Å²) >= 11 is 0. The molecule has 4 nitrogen and oxygen atoms in total. The van der Waals surface area contributed by atoms with E-state index in [4.69, 9.17) is 0 Å². The highest BCUT2D eigenvalue weighted by atomic mass is 16.5. The summed E-state index contributed by atoms with van der Waals surface area (Å²) in [6.07, 6.45) is 0.599. The van der Waals surface area contributed by atoms with Gasteiger partial charge < -0.3 is 9.84 Å². The third-order valence-electron chi connectivity index (χ3n) is 4.04. The van der Waals surface area contributed by atoms with Crippen LogP contribution in [-0.2, 0) is 26.3 Å². The van der Waals surface area contributed by atoms with Crippen molar-refractivity contribution in [3.05, 3.63) is 71.8 Å². The topological polar surface area (TPSA) is 63.6 Å². The minimum atomic E-state index is -1.30. The highest BCUT2D eigenvalue weighted by Crippen LogP contribution is 2.31. The highest BCUT2D eigenvalue weighted by molar-refractivity contribution is 5.96. The lowest BCUT2D eigenvalue weighted by Gasteiger charge is -2.28. The monoisotopic (exact) mass is 326 g/mol. The van der Waals surface area contributed by atoms with Gasteiger partial charge in [0.15, 0.2) is 0 Å². The van der Waals surface area contributed by atoms with Crippen molar-refractivity contribution in [2.24, 2.45) is 0 Å². The number of esters is 1. The fourth-order valence-electron chi connectivity index (χ4n) is 2.70. The number of hydrogen-bond donors (Lipinski definition) is 1. The van der Waals surface area contributed by atoms with Crippen molar-refractivity contribution >= 4 is 11.8 Å². The van der Waals surface area contributed by atoms with Gasteiger partial charge in [0.05, 0.1) is 12.7 Å². The van der Waals surface area contributed by atoms with Crippen LogP contribution in [0.3, 0.4) is 0 Å². The van der Waals surface area contributed by atoms with Crippen LogP contribution in [0.1, 0.15) is 30.4 Å². The Kier molecular flexibility index (Phi) is 6.27. The second-order valence-corrected chi connectivity index (χ2v) is 5.85. The van der Waals surface area contributed by atoms with Crippen LogP contribution in [0.4, 0.5) is 0 Å². The molecule has 0 aliphatic heterocycles. The zero-order chi connectivity index (χ0) is 17.4. The molecule has 0 aromatic heterocycles. The summed E-state index contributed by atoms with van der Waals surface area (Å²) in [7, 11) is 1.24. The van der Waals surface area contributed by atoms with Gasteiger partial charge in [-0.1, -0.05) is 60.7 Å². The van der Waals surface area contributed by atoms with E-state index >= 15 is 0 Å². The summed E-state index contributed by atoms with van der Waals surface area (Å²) in [5.41, 5.74) is 0.466. The van der Waals surface area contributed by atoms with Crippen molar-refractivity contribution < 1.29 is 19.4 Å². The van der Waals surface area contributed by atoms with Gasteiger partial charge in [-0.3, -0.25) is 9.59 Å². The summed E-state index contributed by atoms with van der Waals surface area (Å²) in [6, 6.07) is 18.9. The minimum Gasteiger partial charge on any atom is -0.469 e. The number of rotatable bonds is 8. The predicted molar refractivity (Wildman–Crippen MR) is 91.4 cm³/mol. The second kappa shape index (κ2) is 8.41. The number of ether oxygens (including phenoxy) is 1. The van der Waals surface area contributed by atoms with Crippen LogP contribution in [0, 0.1) is 0 Å². The minimum absolute atomic E-state index is 0.112. The maximum absolute atomic E-state index is 12.2. The molecule has 1 atom stereocenters. The number of carbonyl (C=O) groups is 2. The molecular weight excluding hydrogens is 304 g/mol. The molecule has 2 aromatic carbocycles. The third-order valence-corrected chi connectivity index (χ3v) is 4.04. The fourth-order valence-corrected chi connectivity index (χ4v) is 2.70. The molecule has 4 heteroatoms. The van der Waals surface area contributed by atoms with Gasteiger partial charge in [0.1, 0.15) is 12.2 Å². The number of benzene rings is 2. The van der Waals surface area contributed by atoms with E-state index in [-0.39, 0.29) is 18.6 Å². The molecule has 0 fully saturated rings. The maximum Gasteiger partial charge on any atom is 0.313 e. The van der Waals surface area contributed by atoms with E-state index < -0.39 is 11.6 Å². The first kappa shape index (κ1) is 17.9. The van der Waals surface area contributed by atoms with Crippen molar-refractivity contribution in [3.63, 3.8) is 0 Å². The molecule has 1 N–H and O–H groups in total. The van der Waals surface area contributed by atoms with Gasteiger partial charge in [0.25, 0.3) is 0 Å². The molecule has 0 spiro atoms. The smallest absolute Gasteiger partial charge is 0.313 e. The Balaban J connectivity index is 2.15. The third kappa shape index (κ3) is 5.03. The van der Waals surface area contributed by atoms with E-state index in [2.05, 4.69) is 4.74 Å². The van der Waals surface area contributed by atoms with Crippen molar-refractivity contribution in [3.8, 4) is 0 Å². The van der Waals surface area contributed by atoms with Crippen LogP contribution >= 0.6 is 0 Å². The average molecular weight is 326 g/mol. The first-order valence-corrected chi connectivity index (χ1v) is 7.94. The zero-order valence-electron chi connectivity index (χ0n) is 13.8. The van der Waals surface area contributed by atoms with Crippen molar-refractivity contribution in [2.45, 2.75) is 31.3 Å². The standard InChI is InChI=1S/C20H22O4/c1-24-19(22)14-18(21)15-20(23,17-10-6-3-7-11-17)13-12-16-8-4-2-5-9-16/h2-11,23H,12-15H2,1H3/t20-/m0/s1. The summed E-state index contributed by atoms with van der Waals surface area (Å²) in [5.74, 6) is -0.917. The van der Waals surface area contributed by atoms with Crippen LogP contribution in [-0.4, -0.2) is 24.0 Å². The van der Waals surface area contributed by atoms with Crippen molar-refractivity contribution in [1.29, 1.82) is 0 Å². The summed E-state index contributed by atoms with van der Waals surface area (Å²) in [6.45, 7) is 0. The van der Waals surface area contributed by atoms with Gasteiger partial charge in [-0.25, -0.2) is 0 Å². The Morgan fingerprint density at radius 2 is 1.58 bits per heavy atom. The fraction of sp³-hybridized carbons (Fsp3) is 0.300. The maximum atomic E-state index is 12.2. The number of aryl methyl sites for hydroxylation is 1. The number of ketones is 1. The van der Waals surface area contributed by atoms with Gasteiger partial charge in [0, 0.05) is 6.42 Å². The van der Waals surface area contributed by atoms with Gasteiger partial charge >= 0.3 is 5.97 Å². The Morgan fingerprint density at radius 3 is 2.17 bits per heavy atom. The van der Waals surface area contributed by atoms with Crippen molar-refractivity contribution in [2.75, 3.05) is 7.11 Å². The SMILES string of the molecule is COC(=O)CC(=O)C[C@@](O)(CCc1ccccc1)c1ccccc1. The van der Waals surface area contributed by atoms with Gasteiger partial charge in [-0.05, 0) is 24.0 Å². The molecule has 2 rings (SSSR count). The quantitative estimate of drug-likeness (QED) is 0.598. The molecule has 0 aliphatic rings. The molecule has 0 bridgehead atoms. The van der Waals surface area contributed by atoms with Crippen LogP contribution < -0.4 is 0 Å². The van der Waals surface area contributed by atoms with Gasteiger partial charge in [-0.15, -0.1) is 0 Å². The number of hydrogen-bond acceptors (Lipinski definition) is 4. The lowest BCUT2D eigenvalue weighted by atomic mass is 9.83. The molecule has 0 unspecified atom stereocenters. The van der Waals surface area contributed by atoms with Crippen LogP contribution in [0.15, 0.2) is 60.7 Å². The molecule has 0 heterocycles. The molecule has 0 amide bonds. The van der Waals surface area contributed by atoms with Crippen LogP contribution in [0.2, 0.25) is 0 Å². The average Bonchev–Trinajstić information content (AvgIpc) is 2.61. The Hall–Kier alpha value is -2.46. The predicted octanol–water partition coefficient (Wildman–Crippen LogP) is 3.03. The molecule has 0 saturated carbocycles. The summed E-state index contributed by atoms with van der Waals surface area (Å²) in [5, 5.41) is 11.1. The van der Waals surface area contributed by atoms with E-state index in [9.17, 15) is 14.7 Å². The number of carbonyl (C=O) groups excluding carboxylic acids is 2. The number of Topliss-reactive ketones (excluding diaryl/α,β-unsaturated/α-hetero) is 1. The van der Waals surface area contributed by atoms with Crippen LogP contribution in [0.5, 0.6) is 0 Å². The van der Waals surface area contributed by atoms with Gasteiger partial charge in [0.2, 0.25) is 0 Å². The lowest BCUT2D eigenvalue weighted by Crippen LogP contribution is -2.30. The first-order chi connectivity index (χ1) is 11.5. The highest BCUT2D eigenvalue weighted by Gasteiger charge is 2.32. The Bertz CT molecular complexity index is 667.